The molecule has 1 amide bonds. The summed E-state index contributed by atoms with van der Waals surface area (Å²) >= 11 is 0. The molecule has 1 heterocycles. The maximum absolute atomic E-state index is 12.0. The van der Waals surface area contributed by atoms with Crippen molar-refractivity contribution in [1.82, 2.24) is 10.6 Å². The van der Waals surface area contributed by atoms with Crippen LogP contribution in [0.5, 0.6) is 0 Å². The van der Waals surface area contributed by atoms with Crippen LogP contribution in [0.25, 0.3) is 0 Å². The molecule has 26 heavy (non-hydrogen) atoms. The molecule has 0 atom stereocenters. The summed E-state index contributed by atoms with van der Waals surface area (Å²) in [6.45, 7) is 1.58. The average molecular weight is 470 g/mol. The third kappa shape index (κ3) is 5.86. The van der Waals surface area contributed by atoms with Crippen molar-refractivity contribution in [3.05, 3.63) is 29.8 Å². The van der Waals surface area contributed by atoms with Gasteiger partial charge in [0.1, 0.15) is 0 Å². The van der Waals surface area contributed by atoms with Gasteiger partial charge in [-0.3, -0.25) is 9.79 Å². The monoisotopic (exact) mass is 470 g/mol. The van der Waals surface area contributed by atoms with Crippen molar-refractivity contribution in [2.24, 2.45) is 4.99 Å². The number of anilines is 1. The van der Waals surface area contributed by atoms with Gasteiger partial charge >= 0.3 is 0 Å². The zero-order valence-electron chi connectivity index (χ0n) is 15.7. The summed E-state index contributed by atoms with van der Waals surface area (Å²) in [5.41, 5.74) is 2.21. The molecule has 6 heteroatoms. The van der Waals surface area contributed by atoms with Crippen LogP contribution in [-0.4, -0.2) is 31.5 Å². The van der Waals surface area contributed by atoms with Crippen molar-refractivity contribution in [1.29, 1.82) is 0 Å². The fraction of sp³-hybridized carbons (Fsp3) is 0.600. The summed E-state index contributed by atoms with van der Waals surface area (Å²) in [5.74, 6) is 1.12. The second-order valence-electron chi connectivity index (χ2n) is 7.07. The molecule has 1 aliphatic carbocycles. The lowest BCUT2D eigenvalue weighted by atomic mass is 9.96. The minimum atomic E-state index is 0. The highest BCUT2D eigenvalue weighted by atomic mass is 127. The highest BCUT2D eigenvalue weighted by Crippen LogP contribution is 2.21. The van der Waals surface area contributed by atoms with E-state index < -0.39 is 0 Å². The van der Waals surface area contributed by atoms with Gasteiger partial charge in [0.15, 0.2) is 5.96 Å². The van der Waals surface area contributed by atoms with Gasteiger partial charge in [0, 0.05) is 38.3 Å². The topological polar surface area (TPSA) is 56.7 Å². The molecule has 0 bridgehead atoms. The summed E-state index contributed by atoms with van der Waals surface area (Å²) in [6.07, 6.45) is 9.24. The number of carbonyl (C=O) groups excluding carboxylic acids is 1. The van der Waals surface area contributed by atoms with Crippen LogP contribution in [0.15, 0.2) is 29.3 Å². The molecule has 1 aliphatic heterocycles. The highest BCUT2D eigenvalue weighted by molar-refractivity contribution is 14.0. The normalized spacial score (nSPS) is 19.0. The van der Waals surface area contributed by atoms with Crippen molar-refractivity contribution >= 4 is 41.5 Å². The van der Waals surface area contributed by atoms with Gasteiger partial charge < -0.3 is 15.5 Å². The first-order valence-corrected chi connectivity index (χ1v) is 9.63. The van der Waals surface area contributed by atoms with Crippen LogP contribution in [0.1, 0.15) is 56.9 Å². The highest BCUT2D eigenvalue weighted by Gasteiger charge is 2.19. The predicted octanol–water partition coefficient (Wildman–Crippen LogP) is 3.82. The Kier molecular flexibility index (Phi) is 8.68. The van der Waals surface area contributed by atoms with Gasteiger partial charge in [0.25, 0.3) is 0 Å². The van der Waals surface area contributed by atoms with E-state index in [2.05, 4.69) is 39.9 Å². The molecule has 2 fully saturated rings. The van der Waals surface area contributed by atoms with Crippen molar-refractivity contribution in [3.63, 3.8) is 0 Å². The van der Waals surface area contributed by atoms with Crippen LogP contribution >= 0.6 is 24.0 Å². The quantitative estimate of drug-likeness (QED) is 0.400. The van der Waals surface area contributed by atoms with E-state index in [9.17, 15) is 4.79 Å². The van der Waals surface area contributed by atoms with Crippen molar-refractivity contribution in [2.75, 3.05) is 18.5 Å². The van der Waals surface area contributed by atoms with E-state index in [0.717, 1.165) is 37.6 Å². The lowest BCUT2D eigenvalue weighted by Gasteiger charge is -2.27. The molecule has 0 aromatic heterocycles. The van der Waals surface area contributed by atoms with Gasteiger partial charge in [0.2, 0.25) is 5.91 Å². The van der Waals surface area contributed by atoms with Crippen molar-refractivity contribution in [2.45, 2.75) is 64.0 Å². The molecule has 0 unspecified atom stereocenters. The Bertz CT molecular complexity index is 596. The Balaban J connectivity index is 0.00000243. The smallest absolute Gasteiger partial charge is 0.226 e. The molecule has 2 aliphatic rings. The fourth-order valence-corrected chi connectivity index (χ4v) is 3.69. The van der Waals surface area contributed by atoms with E-state index in [1.165, 1.54) is 37.7 Å². The maximum Gasteiger partial charge on any atom is 0.226 e. The molecule has 1 aromatic rings. The van der Waals surface area contributed by atoms with Crippen LogP contribution in [0, 0.1) is 0 Å². The first-order valence-electron chi connectivity index (χ1n) is 9.63. The fourth-order valence-electron chi connectivity index (χ4n) is 3.69. The number of hydrogen-bond acceptors (Lipinski definition) is 2. The van der Waals surface area contributed by atoms with Gasteiger partial charge in [-0.25, -0.2) is 0 Å². The van der Waals surface area contributed by atoms with Crippen molar-refractivity contribution < 1.29 is 4.79 Å². The van der Waals surface area contributed by atoms with E-state index in [1.807, 2.05) is 11.9 Å². The number of aliphatic imine (C=N–C) groups is 1. The largest absolute Gasteiger partial charge is 0.354 e. The minimum Gasteiger partial charge on any atom is -0.354 e. The number of piperidine rings is 1. The van der Waals surface area contributed by atoms with Crippen LogP contribution in [-0.2, 0) is 11.3 Å². The van der Waals surface area contributed by atoms with E-state index in [4.69, 9.17) is 0 Å². The lowest BCUT2D eigenvalue weighted by Crippen LogP contribution is -2.43. The first kappa shape index (κ1) is 21.0. The van der Waals surface area contributed by atoms with Crippen molar-refractivity contribution in [3.8, 4) is 0 Å². The predicted molar refractivity (Wildman–Crippen MR) is 118 cm³/mol. The third-order valence-electron chi connectivity index (χ3n) is 5.20. The Morgan fingerprint density at radius 3 is 2.50 bits per heavy atom. The number of rotatable bonds is 4. The minimum absolute atomic E-state index is 0. The molecule has 2 N–H and O–H groups in total. The Labute approximate surface area is 174 Å². The van der Waals surface area contributed by atoms with Crippen LogP contribution in [0.4, 0.5) is 5.69 Å². The average Bonchev–Trinajstić information content (AvgIpc) is 2.67. The number of nitrogens with zero attached hydrogens (tertiary/aromatic N) is 2. The molecule has 144 valence electrons. The number of carbonyl (C=O) groups is 1. The Morgan fingerprint density at radius 1 is 1.12 bits per heavy atom. The molecule has 3 rings (SSSR count). The lowest BCUT2D eigenvalue weighted by molar-refractivity contribution is -0.119. The standard InChI is InChI=1S/C20H30N4O.HI/c1-21-20(23-17-7-3-2-4-8-17)22-15-16-10-12-18(13-11-16)24-14-6-5-9-19(24)25;/h10-13,17H,2-9,14-15H2,1H3,(H2,21,22,23);1H. The van der Waals surface area contributed by atoms with Gasteiger partial charge in [-0.05, 0) is 43.4 Å². The zero-order valence-corrected chi connectivity index (χ0v) is 18.0. The molecule has 5 nitrogen and oxygen atoms in total. The van der Waals surface area contributed by atoms with Gasteiger partial charge in [-0.1, -0.05) is 31.4 Å². The maximum atomic E-state index is 12.0. The zero-order chi connectivity index (χ0) is 17.5. The van der Waals surface area contributed by atoms with E-state index in [1.54, 1.807) is 0 Å². The molecule has 1 saturated heterocycles. The van der Waals surface area contributed by atoms with Crippen LogP contribution < -0.4 is 15.5 Å². The molecule has 0 spiro atoms. The van der Waals surface area contributed by atoms with E-state index in [0.29, 0.717) is 12.5 Å². The number of nitrogens with one attached hydrogen (secondary N) is 2. The first-order chi connectivity index (χ1) is 12.3. The SMILES string of the molecule is CN=C(NCc1ccc(N2CCCCC2=O)cc1)NC1CCCCC1.I. The van der Waals surface area contributed by atoms with Crippen LogP contribution in [0.3, 0.4) is 0 Å². The second kappa shape index (κ2) is 10.7. The molecule has 1 saturated carbocycles. The number of hydrogen-bond donors (Lipinski definition) is 2. The van der Waals surface area contributed by atoms with E-state index in [-0.39, 0.29) is 29.9 Å². The van der Waals surface area contributed by atoms with Gasteiger partial charge in [-0.2, -0.15) is 0 Å². The summed E-state index contributed by atoms with van der Waals surface area (Å²) in [4.78, 5) is 18.3. The number of halogens is 1. The number of guanidine groups is 1. The molecule has 0 radical (unpaired) electrons. The summed E-state index contributed by atoms with van der Waals surface area (Å²) in [6, 6.07) is 8.85. The van der Waals surface area contributed by atoms with Crippen LogP contribution in [0.2, 0.25) is 0 Å². The van der Waals surface area contributed by atoms with Gasteiger partial charge in [-0.15, -0.1) is 24.0 Å². The molecular formula is C20H31IN4O. The summed E-state index contributed by atoms with van der Waals surface area (Å²) in [5, 5.41) is 6.93. The van der Waals surface area contributed by atoms with Gasteiger partial charge in [0.05, 0.1) is 0 Å². The number of amides is 1. The Morgan fingerprint density at radius 2 is 1.85 bits per heavy atom. The summed E-state index contributed by atoms with van der Waals surface area (Å²) in [7, 11) is 1.82. The van der Waals surface area contributed by atoms with E-state index >= 15 is 0 Å². The third-order valence-corrected chi connectivity index (χ3v) is 5.20. The molecular weight excluding hydrogens is 439 g/mol. The second-order valence-corrected chi connectivity index (χ2v) is 7.07. The number of benzene rings is 1. The molecule has 1 aromatic carbocycles. The Hall–Kier alpha value is -1.31. The summed E-state index contributed by atoms with van der Waals surface area (Å²) < 4.78 is 0.